The number of hydrogen-bond donors (Lipinski definition) is 1. The van der Waals surface area contributed by atoms with Gasteiger partial charge in [0.2, 0.25) is 0 Å². The van der Waals surface area contributed by atoms with Crippen molar-refractivity contribution in [2.24, 2.45) is 4.99 Å². The van der Waals surface area contributed by atoms with Crippen molar-refractivity contribution in [2.45, 2.75) is 19.2 Å². The lowest BCUT2D eigenvalue weighted by molar-refractivity contribution is 0.213. The minimum atomic E-state index is -0.973. The second-order valence-electron chi connectivity index (χ2n) is 4.81. The number of alkyl halides is 1. The Morgan fingerprint density at radius 3 is 2.91 bits per heavy atom. The molecule has 2 amide bonds. The van der Waals surface area contributed by atoms with Crippen molar-refractivity contribution < 1.29 is 14.3 Å². The van der Waals surface area contributed by atoms with Gasteiger partial charge in [-0.2, -0.15) is 4.99 Å². The number of urea groups is 1. The summed E-state index contributed by atoms with van der Waals surface area (Å²) < 4.78 is 15.5. The molecular weight excluding hydrogens is 349 g/mol. The number of halogens is 2. The molecule has 0 bridgehead atoms. The highest BCUT2D eigenvalue weighted by Gasteiger charge is 2.25. The van der Waals surface area contributed by atoms with E-state index in [1.807, 2.05) is 6.07 Å². The van der Waals surface area contributed by atoms with Gasteiger partial charge in [-0.1, -0.05) is 22.9 Å². The van der Waals surface area contributed by atoms with Gasteiger partial charge in [-0.15, -0.1) is 11.3 Å². The highest BCUT2D eigenvalue weighted by atomic mass is 35.5. The molecule has 1 atom stereocenters. The summed E-state index contributed by atoms with van der Waals surface area (Å²) in [6, 6.07) is 3.12. The molecule has 0 spiro atoms. The van der Waals surface area contributed by atoms with Crippen molar-refractivity contribution in [2.75, 3.05) is 13.1 Å². The van der Waals surface area contributed by atoms with E-state index in [9.17, 15) is 14.3 Å². The Labute approximate surface area is 138 Å². The predicted octanol–water partition coefficient (Wildman–Crippen LogP) is 2.81. The average Bonchev–Trinajstić information content (AvgIpc) is 3.18. The zero-order valence-corrected chi connectivity index (χ0v) is 13.8. The van der Waals surface area contributed by atoms with Gasteiger partial charge in [0.1, 0.15) is 11.2 Å². The number of nitrogens with zero attached hydrogens (tertiary/aromatic N) is 3. The van der Waals surface area contributed by atoms with Gasteiger partial charge >= 0.3 is 6.03 Å². The van der Waals surface area contributed by atoms with Crippen molar-refractivity contribution in [3.63, 3.8) is 0 Å². The van der Waals surface area contributed by atoms with E-state index < -0.39 is 12.2 Å². The first kappa shape index (κ1) is 15.7. The third kappa shape index (κ3) is 3.24. The molecule has 1 N–H and O–H groups in total. The number of carbonyl (C=O) groups is 1. The number of hydrogen-bond acceptors (Lipinski definition) is 4. The normalized spacial score (nSPS) is 19.1. The zero-order chi connectivity index (χ0) is 15.7. The van der Waals surface area contributed by atoms with E-state index in [1.54, 1.807) is 16.8 Å². The first-order valence-electron chi connectivity index (χ1n) is 6.62. The van der Waals surface area contributed by atoms with E-state index >= 15 is 0 Å². The smallest absolute Gasteiger partial charge is 0.346 e. The molecule has 118 valence electrons. The lowest BCUT2D eigenvalue weighted by Gasteiger charge is -2.10. The second-order valence-corrected chi connectivity index (χ2v) is 7.60. The quantitative estimate of drug-likeness (QED) is 0.894. The van der Waals surface area contributed by atoms with E-state index in [4.69, 9.17) is 11.6 Å². The minimum absolute atomic E-state index is 0.0887. The van der Waals surface area contributed by atoms with E-state index in [1.165, 1.54) is 27.6 Å². The summed E-state index contributed by atoms with van der Waals surface area (Å²) in [6.45, 7) is 0.335. The topological polar surface area (TPSA) is 57.8 Å². The third-order valence-corrected chi connectivity index (χ3v) is 5.44. The molecule has 0 unspecified atom stereocenters. The van der Waals surface area contributed by atoms with Crippen molar-refractivity contribution in [3.8, 4) is 5.00 Å². The van der Waals surface area contributed by atoms with Gasteiger partial charge in [-0.3, -0.25) is 4.57 Å². The fraction of sp³-hybridized carbons (Fsp3) is 0.385. The second kappa shape index (κ2) is 6.49. The molecule has 2 aromatic rings. The van der Waals surface area contributed by atoms with Crippen molar-refractivity contribution in [1.82, 2.24) is 9.47 Å². The molecule has 3 rings (SSSR count). The Kier molecular flexibility index (Phi) is 4.62. The van der Waals surface area contributed by atoms with Gasteiger partial charge in [-0.05, 0) is 18.6 Å². The number of carbonyl (C=O) groups excluding carboxylic acids is 1. The molecule has 0 aromatic carbocycles. The summed E-state index contributed by atoms with van der Waals surface area (Å²) in [5.74, 6) is 0. The van der Waals surface area contributed by atoms with Crippen LogP contribution in [0, 0.1) is 0 Å². The summed E-state index contributed by atoms with van der Waals surface area (Å²) >= 11 is 8.51. The number of aromatic nitrogens is 1. The largest absolute Gasteiger partial charge is 0.391 e. The van der Waals surface area contributed by atoms with Crippen LogP contribution in [0.15, 0.2) is 23.3 Å². The van der Waals surface area contributed by atoms with Crippen LogP contribution in [-0.2, 0) is 6.61 Å². The Morgan fingerprint density at radius 2 is 2.32 bits per heavy atom. The molecule has 1 aliphatic rings. The molecule has 1 saturated heterocycles. The third-order valence-electron chi connectivity index (χ3n) is 3.25. The van der Waals surface area contributed by atoms with Crippen LogP contribution < -0.4 is 4.80 Å². The molecule has 9 heteroatoms. The standard InChI is InChI=1S/C13H13ClFN3O2S2/c14-10-1-2-11(22-10)18-6-9(7-19)21-13(18)16-12(20)17-4-3-8(15)5-17/h1-2,6,8,19H,3-5,7H2/b16-13-/t8-/m1/s1. The van der Waals surface area contributed by atoms with Crippen LogP contribution in [-0.4, -0.2) is 39.9 Å². The number of thiazole rings is 1. The number of rotatable bonds is 2. The van der Waals surface area contributed by atoms with Crippen molar-refractivity contribution in [3.05, 3.63) is 32.3 Å². The van der Waals surface area contributed by atoms with Crippen molar-refractivity contribution in [1.29, 1.82) is 0 Å². The van der Waals surface area contributed by atoms with Crippen LogP contribution >= 0.6 is 34.3 Å². The van der Waals surface area contributed by atoms with Crippen LogP contribution in [0.3, 0.4) is 0 Å². The monoisotopic (exact) mass is 361 g/mol. The summed E-state index contributed by atoms with van der Waals surface area (Å²) in [5, 5.41) is 10.1. The minimum Gasteiger partial charge on any atom is -0.391 e. The zero-order valence-electron chi connectivity index (χ0n) is 11.4. The molecule has 3 heterocycles. The molecule has 1 fully saturated rings. The van der Waals surface area contributed by atoms with E-state index in [-0.39, 0.29) is 13.2 Å². The van der Waals surface area contributed by atoms with Gasteiger partial charge in [0.15, 0.2) is 4.80 Å². The van der Waals surface area contributed by atoms with E-state index in [0.29, 0.717) is 27.0 Å². The Hall–Kier alpha value is -1.22. The highest BCUT2D eigenvalue weighted by Crippen LogP contribution is 2.25. The Morgan fingerprint density at radius 1 is 1.50 bits per heavy atom. The maximum atomic E-state index is 13.2. The first-order chi connectivity index (χ1) is 10.6. The van der Waals surface area contributed by atoms with Crippen LogP contribution in [0.4, 0.5) is 9.18 Å². The van der Waals surface area contributed by atoms with Gasteiger partial charge < -0.3 is 10.0 Å². The fourth-order valence-corrected chi connectivity index (χ4v) is 4.08. The lowest BCUT2D eigenvalue weighted by Crippen LogP contribution is -2.28. The van der Waals surface area contributed by atoms with E-state index in [2.05, 4.69) is 4.99 Å². The number of likely N-dealkylation sites (tertiary alicyclic amines) is 1. The number of thiophene rings is 1. The summed E-state index contributed by atoms with van der Waals surface area (Å²) in [6.07, 6.45) is 1.10. The highest BCUT2D eigenvalue weighted by molar-refractivity contribution is 7.18. The molecule has 2 aromatic heterocycles. The molecule has 0 saturated carbocycles. The first-order valence-corrected chi connectivity index (χ1v) is 8.63. The van der Waals surface area contributed by atoms with Gasteiger partial charge in [0.05, 0.1) is 22.4 Å². The molecule has 22 heavy (non-hydrogen) atoms. The average molecular weight is 362 g/mol. The van der Waals surface area contributed by atoms with Gasteiger partial charge in [-0.25, -0.2) is 9.18 Å². The summed E-state index contributed by atoms with van der Waals surface area (Å²) in [5.41, 5.74) is 0. The molecule has 5 nitrogen and oxygen atoms in total. The Balaban J connectivity index is 1.97. The van der Waals surface area contributed by atoms with Gasteiger partial charge in [0.25, 0.3) is 0 Å². The van der Waals surface area contributed by atoms with Crippen LogP contribution in [0.25, 0.3) is 5.00 Å². The number of aliphatic hydroxyl groups is 1. The van der Waals surface area contributed by atoms with E-state index in [0.717, 1.165) is 5.00 Å². The molecule has 0 radical (unpaired) electrons. The number of aliphatic hydroxyl groups excluding tert-OH is 1. The lowest BCUT2D eigenvalue weighted by atomic mass is 10.3. The molecular formula is C13H13ClFN3O2S2. The maximum absolute atomic E-state index is 13.2. The summed E-state index contributed by atoms with van der Waals surface area (Å²) in [4.78, 5) is 18.7. The van der Waals surface area contributed by atoms with Crippen LogP contribution in [0.5, 0.6) is 0 Å². The van der Waals surface area contributed by atoms with Crippen molar-refractivity contribution >= 4 is 40.3 Å². The molecule has 0 aliphatic carbocycles. The van der Waals surface area contributed by atoms with Crippen LogP contribution in [0.1, 0.15) is 11.3 Å². The van der Waals surface area contributed by atoms with Gasteiger partial charge in [0, 0.05) is 12.7 Å². The molecule has 1 aliphatic heterocycles. The van der Waals surface area contributed by atoms with Crippen LogP contribution in [0.2, 0.25) is 4.34 Å². The summed E-state index contributed by atoms with van der Waals surface area (Å²) in [7, 11) is 0. The number of amides is 2. The predicted molar refractivity (Wildman–Crippen MR) is 84.5 cm³/mol. The fourth-order valence-electron chi connectivity index (χ4n) is 2.18. The Bertz CT molecular complexity index is 755. The maximum Gasteiger partial charge on any atom is 0.346 e. The SMILES string of the molecule is O=C(/N=c1\sc(CO)cn1-c1ccc(Cl)s1)N1CC[C@@H](F)C1.